The molecule has 27 heavy (non-hydrogen) atoms. The minimum absolute atomic E-state index is 0.0390. The molecular weight excluding hydrogens is 381 g/mol. The average Bonchev–Trinajstić information content (AvgIpc) is 3.28. The summed E-state index contributed by atoms with van der Waals surface area (Å²) in [5.41, 5.74) is -0.474. The number of nitrogens with zero attached hydrogens (tertiary/aromatic N) is 3. The number of hydrogen-bond acceptors (Lipinski definition) is 5. The van der Waals surface area contributed by atoms with Gasteiger partial charge in [-0.1, -0.05) is 11.8 Å². The number of aromatic nitrogens is 3. The molecule has 2 heterocycles. The van der Waals surface area contributed by atoms with Crippen LogP contribution in [0.5, 0.6) is 0 Å². The van der Waals surface area contributed by atoms with Crippen molar-refractivity contribution >= 4 is 23.4 Å². The molecular formula is C17H15F3N4O2S. The molecule has 6 nitrogen and oxygen atoms in total. The Labute approximate surface area is 156 Å². The van der Waals surface area contributed by atoms with E-state index in [9.17, 15) is 18.0 Å². The number of nitrogens with one attached hydrogen (secondary N) is 1. The highest BCUT2D eigenvalue weighted by Crippen LogP contribution is 2.30. The first-order valence-corrected chi connectivity index (χ1v) is 8.94. The van der Waals surface area contributed by atoms with Gasteiger partial charge in [-0.25, -0.2) is 0 Å². The number of alkyl halides is 3. The van der Waals surface area contributed by atoms with Crippen LogP contribution in [0.3, 0.4) is 0 Å². The third kappa shape index (κ3) is 4.51. The summed E-state index contributed by atoms with van der Waals surface area (Å²) in [4.78, 5) is 12.1. The van der Waals surface area contributed by atoms with Crippen LogP contribution in [0.2, 0.25) is 0 Å². The number of furan rings is 1. The number of carbonyl (C=O) groups excluding carboxylic acids is 1. The Morgan fingerprint density at radius 1 is 1.22 bits per heavy atom. The molecule has 1 amide bonds. The van der Waals surface area contributed by atoms with E-state index in [1.165, 1.54) is 30.2 Å². The van der Waals surface area contributed by atoms with Crippen LogP contribution < -0.4 is 5.32 Å². The molecule has 2 aromatic heterocycles. The van der Waals surface area contributed by atoms with Crippen LogP contribution in [0.15, 0.2) is 52.2 Å². The summed E-state index contributed by atoms with van der Waals surface area (Å²) in [6, 6.07) is 7.79. The van der Waals surface area contributed by atoms with E-state index in [2.05, 4.69) is 15.5 Å². The third-order valence-corrected chi connectivity index (χ3v) is 4.57. The Balaban J connectivity index is 1.61. The zero-order valence-electron chi connectivity index (χ0n) is 14.2. The third-order valence-electron chi connectivity index (χ3n) is 3.60. The lowest BCUT2D eigenvalue weighted by Crippen LogP contribution is -2.15. The van der Waals surface area contributed by atoms with E-state index < -0.39 is 11.7 Å². The first-order chi connectivity index (χ1) is 12.9. The molecule has 1 aromatic carbocycles. The van der Waals surface area contributed by atoms with Crippen molar-refractivity contribution in [2.45, 2.75) is 24.8 Å². The molecule has 0 saturated carbocycles. The van der Waals surface area contributed by atoms with Gasteiger partial charge in [0.05, 0.1) is 17.6 Å². The molecule has 3 rings (SSSR count). The van der Waals surface area contributed by atoms with E-state index in [0.29, 0.717) is 29.0 Å². The predicted octanol–water partition coefficient (Wildman–Crippen LogP) is 4.31. The SMILES string of the molecule is CCn1c(SCC(=O)Nc2ccc(C(F)(F)F)cc2)nnc1-c1ccco1. The molecule has 3 aromatic rings. The molecule has 0 radical (unpaired) electrons. The molecule has 0 saturated heterocycles. The van der Waals surface area contributed by atoms with E-state index in [1.807, 2.05) is 11.5 Å². The Morgan fingerprint density at radius 2 is 1.96 bits per heavy atom. The van der Waals surface area contributed by atoms with Gasteiger partial charge < -0.3 is 9.73 Å². The van der Waals surface area contributed by atoms with Gasteiger partial charge in [-0.15, -0.1) is 10.2 Å². The number of hydrogen-bond donors (Lipinski definition) is 1. The molecule has 0 bridgehead atoms. The molecule has 0 aliphatic carbocycles. The number of halogens is 3. The van der Waals surface area contributed by atoms with E-state index in [0.717, 1.165) is 12.1 Å². The van der Waals surface area contributed by atoms with Crippen molar-refractivity contribution in [3.05, 3.63) is 48.2 Å². The van der Waals surface area contributed by atoms with E-state index >= 15 is 0 Å². The van der Waals surface area contributed by atoms with Crippen LogP contribution in [0.25, 0.3) is 11.6 Å². The lowest BCUT2D eigenvalue weighted by Gasteiger charge is -2.09. The number of benzene rings is 1. The zero-order valence-corrected chi connectivity index (χ0v) is 15.0. The Hall–Kier alpha value is -2.75. The molecule has 10 heteroatoms. The molecule has 0 aliphatic rings. The van der Waals surface area contributed by atoms with Gasteiger partial charge in [0.2, 0.25) is 5.91 Å². The second-order valence-electron chi connectivity index (χ2n) is 5.44. The normalized spacial score (nSPS) is 11.6. The van der Waals surface area contributed by atoms with Gasteiger partial charge in [-0.3, -0.25) is 9.36 Å². The van der Waals surface area contributed by atoms with E-state index in [1.54, 1.807) is 12.1 Å². The maximum Gasteiger partial charge on any atom is 0.416 e. The maximum atomic E-state index is 12.6. The standard InChI is InChI=1S/C17H15F3N4O2S/c1-2-24-15(13-4-3-9-26-13)22-23-16(24)27-10-14(25)21-12-7-5-11(6-8-12)17(18,19)20/h3-9H,2,10H2,1H3,(H,21,25). The minimum Gasteiger partial charge on any atom is -0.461 e. The first kappa shape index (κ1) is 19.0. The fraction of sp³-hybridized carbons (Fsp3) is 0.235. The predicted molar refractivity (Wildman–Crippen MR) is 94.2 cm³/mol. The Bertz CT molecular complexity index is 905. The molecule has 1 N–H and O–H groups in total. The highest BCUT2D eigenvalue weighted by molar-refractivity contribution is 7.99. The number of amides is 1. The van der Waals surface area contributed by atoms with Crippen molar-refractivity contribution < 1.29 is 22.4 Å². The Morgan fingerprint density at radius 3 is 2.56 bits per heavy atom. The lowest BCUT2D eigenvalue weighted by atomic mass is 10.2. The maximum absolute atomic E-state index is 12.6. The summed E-state index contributed by atoms with van der Waals surface area (Å²) in [6.07, 6.45) is -2.87. The second kappa shape index (κ2) is 7.87. The van der Waals surface area contributed by atoms with Crippen molar-refractivity contribution in [3.63, 3.8) is 0 Å². The highest BCUT2D eigenvalue weighted by atomic mass is 32.2. The molecule has 0 fully saturated rings. The highest BCUT2D eigenvalue weighted by Gasteiger charge is 2.30. The van der Waals surface area contributed by atoms with Crippen molar-refractivity contribution in [3.8, 4) is 11.6 Å². The van der Waals surface area contributed by atoms with E-state index in [-0.39, 0.29) is 11.7 Å². The lowest BCUT2D eigenvalue weighted by molar-refractivity contribution is -0.137. The number of carbonyl (C=O) groups is 1. The minimum atomic E-state index is -4.41. The van der Waals surface area contributed by atoms with Crippen molar-refractivity contribution in [1.82, 2.24) is 14.8 Å². The van der Waals surface area contributed by atoms with Gasteiger partial charge in [0, 0.05) is 12.2 Å². The largest absolute Gasteiger partial charge is 0.461 e. The van der Waals surface area contributed by atoms with Crippen LogP contribution in [0.4, 0.5) is 18.9 Å². The van der Waals surface area contributed by atoms with Gasteiger partial charge in [0.1, 0.15) is 0 Å². The number of thioether (sulfide) groups is 1. The molecule has 0 unspecified atom stereocenters. The smallest absolute Gasteiger partial charge is 0.416 e. The number of rotatable bonds is 6. The van der Waals surface area contributed by atoms with Crippen LogP contribution in [-0.2, 0) is 17.5 Å². The molecule has 0 spiro atoms. The van der Waals surface area contributed by atoms with Crippen LogP contribution in [0, 0.1) is 0 Å². The fourth-order valence-corrected chi connectivity index (χ4v) is 3.14. The summed E-state index contributed by atoms with van der Waals surface area (Å²) in [7, 11) is 0. The zero-order chi connectivity index (χ0) is 19.4. The number of anilines is 1. The first-order valence-electron chi connectivity index (χ1n) is 7.95. The fourth-order valence-electron chi connectivity index (χ4n) is 2.34. The quantitative estimate of drug-likeness (QED) is 0.629. The van der Waals surface area contributed by atoms with Gasteiger partial charge in [-0.2, -0.15) is 13.2 Å². The van der Waals surface area contributed by atoms with Crippen molar-refractivity contribution in [1.29, 1.82) is 0 Å². The van der Waals surface area contributed by atoms with Gasteiger partial charge >= 0.3 is 6.18 Å². The summed E-state index contributed by atoms with van der Waals surface area (Å²) >= 11 is 1.18. The van der Waals surface area contributed by atoms with Gasteiger partial charge in [-0.05, 0) is 43.3 Å². The van der Waals surface area contributed by atoms with Crippen molar-refractivity contribution in [2.24, 2.45) is 0 Å². The van der Waals surface area contributed by atoms with Gasteiger partial charge in [0.25, 0.3) is 0 Å². The van der Waals surface area contributed by atoms with Crippen LogP contribution >= 0.6 is 11.8 Å². The summed E-state index contributed by atoms with van der Waals surface area (Å²) in [5.74, 6) is 0.820. The summed E-state index contributed by atoms with van der Waals surface area (Å²) in [6.45, 7) is 2.51. The average molecular weight is 396 g/mol. The molecule has 0 atom stereocenters. The van der Waals surface area contributed by atoms with Crippen molar-refractivity contribution in [2.75, 3.05) is 11.1 Å². The van der Waals surface area contributed by atoms with Crippen LogP contribution in [-0.4, -0.2) is 26.4 Å². The summed E-state index contributed by atoms with van der Waals surface area (Å²) in [5, 5.41) is 11.3. The Kier molecular flexibility index (Phi) is 5.54. The topological polar surface area (TPSA) is 73.0 Å². The van der Waals surface area contributed by atoms with E-state index in [4.69, 9.17) is 4.42 Å². The van der Waals surface area contributed by atoms with Crippen LogP contribution in [0.1, 0.15) is 12.5 Å². The second-order valence-corrected chi connectivity index (χ2v) is 6.38. The molecule has 0 aliphatic heterocycles. The summed E-state index contributed by atoms with van der Waals surface area (Å²) < 4.78 is 44.8. The monoisotopic (exact) mass is 396 g/mol. The van der Waals surface area contributed by atoms with Gasteiger partial charge in [0.15, 0.2) is 16.7 Å². The molecule has 142 valence electrons.